The number of carbonyl (C=O) groups excluding carboxylic acids is 1. The van der Waals surface area contributed by atoms with Crippen molar-refractivity contribution in [3.63, 3.8) is 0 Å². The first kappa shape index (κ1) is 63.8. The molecule has 0 radical (unpaired) electrons. The van der Waals surface area contributed by atoms with E-state index in [-0.39, 0.29) is 253 Å². The van der Waals surface area contributed by atoms with Gasteiger partial charge in [0.05, 0.1) is 25.7 Å². The summed E-state index contributed by atoms with van der Waals surface area (Å²) in [6, 6.07) is 0. The second-order valence-electron chi connectivity index (χ2n) is 5.34. The summed E-state index contributed by atoms with van der Waals surface area (Å²) >= 11 is 0. The van der Waals surface area contributed by atoms with Crippen LogP contribution in [0, 0.1) is 0 Å². The van der Waals surface area contributed by atoms with Crippen LogP contribution in [0.15, 0.2) is 0 Å². The molecule has 0 amide bonds. The molecule has 0 unspecified atom stereocenters. The molecule has 0 aliphatic heterocycles. The molecule has 0 aliphatic carbocycles. The minimum atomic E-state index is -3.24. The molecule has 0 saturated carbocycles. The topological polar surface area (TPSA) is 259 Å². The maximum atomic E-state index is 11.9. The van der Waals surface area contributed by atoms with Crippen molar-refractivity contribution in [2.24, 2.45) is 0 Å². The third-order valence-electron chi connectivity index (χ3n) is 3.08. The molecule has 0 saturated heterocycles. The van der Waals surface area contributed by atoms with E-state index in [2.05, 4.69) is 9.47 Å². The normalized spacial score (nSPS) is 8.67. The second-order valence-corrected chi connectivity index (χ2v) is 5.34. The Labute approximate surface area is 396 Å². The SMILES string of the molecule is O=C(O)CC(CC(=O)O)(OC(=O)OC(CC(=O)O)(CC(=O)O)C(=O)O)C(=O)O.[CaH2].[CaH2].[NaH].[NaH].[NaH].[NaH].[NaH].[NaH]. The summed E-state index contributed by atoms with van der Waals surface area (Å²) in [7, 11) is 0. The van der Waals surface area contributed by atoms with Crippen LogP contribution in [0.25, 0.3) is 0 Å². The zero-order valence-corrected chi connectivity index (χ0v) is 13.7. The molecule has 6 N–H and O–H groups in total. The van der Waals surface area contributed by atoms with Gasteiger partial charge in [-0.1, -0.05) is 0 Å². The fraction of sp³-hybridized carbons (Fsp3) is 0.462. The molecule has 0 rings (SSSR count). The van der Waals surface area contributed by atoms with E-state index in [1.54, 1.807) is 0 Å². The fourth-order valence-corrected chi connectivity index (χ4v) is 1.98. The Bertz CT molecular complexity index is 649. The second kappa shape index (κ2) is 31.0. The first-order chi connectivity index (χ1) is 12.7. The van der Waals surface area contributed by atoms with Gasteiger partial charge in [-0.2, -0.15) is 0 Å². The van der Waals surface area contributed by atoms with Crippen molar-refractivity contribution in [1.82, 2.24) is 0 Å². The number of aliphatic carboxylic acids is 6. The van der Waals surface area contributed by atoms with Gasteiger partial charge in [-0.3, -0.25) is 19.2 Å². The summed E-state index contributed by atoms with van der Waals surface area (Å²) in [5, 5.41) is 53.2. The molecule has 36 heavy (non-hydrogen) atoms. The predicted octanol–water partition coefficient (Wildman–Crippen LogP) is -7.04. The molecule has 0 bridgehead atoms. The molecular weight excluding hydrogens is 614 g/mol. The van der Waals surface area contributed by atoms with E-state index in [0.717, 1.165) is 0 Å². The van der Waals surface area contributed by atoms with Gasteiger partial charge in [-0.05, 0) is 0 Å². The van der Waals surface area contributed by atoms with Crippen molar-refractivity contribution in [3.05, 3.63) is 0 Å². The first-order valence-electron chi connectivity index (χ1n) is 6.92. The summed E-state index contributed by atoms with van der Waals surface area (Å²) in [5.41, 5.74) is -6.49. The quantitative estimate of drug-likeness (QED) is 0.0857. The molecule has 0 fully saturated rings. The van der Waals surface area contributed by atoms with Crippen molar-refractivity contribution < 1.29 is 73.7 Å². The third-order valence-corrected chi connectivity index (χ3v) is 3.08. The summed E-state index contributed by atoms with van der Waals surface area (Å²) in [4.78, 5) is 77.8. The molecule has 15 nitrogen and oxygen atoms in total. The molecule has 0 heterocycles. The van der Waals surface area contributed by atoms with E-state index < -0.39 is 78.9 Å². The van der Waals surface area contributed by atoms with Crippen LogP contribution in [0.3, 0.4) is 0 Å². The van der Waals surface area contributed by atoms with E-state index in [0.29, 0.717) is 0 Å². The van der Waals surface area contributed by atoms with Crippen LogP contribution in [0.2, 0.25) is 0 Å². The first-order valence-corrected chi connectivity index (χ1v) is 6.92. The number of carboxylic acids is 6. The van der Waals surface area contributed by atoms with Gasteiger partial charge in [0.15, 0.2) is 0 Å². The Kier molecular flexibility index (Phi) is 55.0. The van der Waals surface area contributed by atoms with Crippen molar-refractivity contribution in [2.45, 2.75) is 36.9 Å². The van der Waals surface area contributed by atoms with Gasteiger partial charge in [0.25, 0.3) is 0 Å². The van der Waals surface area contributed by atoms with Crippen LogP contribution in [-0.2, 0) is 38.2 Å². The molecule has 23 heteroatoms. The van der Waals surface area contributed by atoms with Gasteiger partial charge in [0, 0.05) is 0 Å². The van der Waals surface area contributed by atoms with E-state index in [1.807, 2.05) is 0 Å². The van der Waals surface area contributed by atoms with Crippen LogP contribution in [0.1, 0.15) is 25.7 Å². The number of carbonyl (C=O) groups is 7. The number of ether oxygens (including phenoxy) is 2. The summed E-state index contributed by atoms with van der Waals surface area (Å²) in [6.07, 6.45) is -8.62. The number of rotatable bonds is 12. The summed E-state index contributed by atoms with van der Waals surface area (Å²) < 4.78 is 8.44. The van der Waals surface area contributed by atoms with Crippen molar-refractivity contribution in [1.29, 1.82) is 0 Å². The average Bonchev–Trinajstić information content (AvgIpc) is 2.42. The summed E-state index contributed by atoms with van der Waals surface area (Å²) in [6.45, 7) is 0. The Morgan fingerprint density at radius 3 is 0.722 bits per heavy atom. The van der Waals surface area contributed by atoms with Gasteiger partial charge in [0.1, 0.15) is 0 Å². The zero-order valence-electron chi connectivity index (χ0n) is 13.7. The van der Waals surface area contributed by atoms with Gasteiger partial charge < -0.3 is 40.1 Å². The standard InChI is InChI=1S/C13H14O15.2Ca.6Na.10H/c14-5(15)1-12(9(22)23,2-6(16)17)27-11(26)28-13(10(24)25,3-7(18)19)4-8(20)21;;;;;;;;;;;;;;;;;;/h1-4H2,(H,14,15)(H,16,17)(H,18,19)(H,20,21)(H,22,23)(H,24,25);;;;;;;;;;;;;;;;;;. The van der Waals surface area contributed by atoms with Gasteiger partial charge in [-0.25, -0.2) is 14.4 Å². The van der Waals surface area contributed by atoms with Crippen molar-refractivity contribution >= 4 is 295 Å². The monoisotopic (exact) mass is 638 g/mol. The predicted molar refractivity (Wildman–Crippen MR) is 137 cm³/mol. The van der Waals surface area contributed by atoms with Crippen molar-refractivity contribution in [3.8, 4) is 0 Å². The van der Waals surface area contributed by atoms with Crippen LogP contribution in [0.4, 0.5) is 4.79 Å². The number of hydrogen-bond acceptors (Lipinski definition) is 9. The van der Waals surface area contributed by atoms with Crippen LogP contribution < -0.4 is 0 Å². The maximum absolute atomic E-state index is 11.9. The zero-order chi connectivity index (χ0) is 22.3. The third kappa shape index (κ3) is 25.1. The fourth-order valence-electron chi connectivity index (χ4n) is 1.98. The molecule has 0 atom stereocenters. The molecule has 0 aromatic heterocycles. The van der Waals surface area contributed by atoms with E-state index in [1.165, 1.54) is 0 Å². The average molecular weight is 638 g/mol. The molecular formula is C13H24Ca2Na6O15. The van der Waals surface area contributed by atoms with Crippen LogP contribution in [0.5, 0.6) is 0 Å². The summed E-state index contributed by atoms with van der Waals surface area (Å²) in [5.74, 6) is -12.2. The van der Waals surface area contributed by atoms with Crippen LogP contribution in [-0.4, -0.2) is 337 Å². The minimum absolute atomic E-state index is 0. The molecule has 0 spiro atoms. The van der Waals surface area contributed by atoms with Crippen molar-refractivity contribution in [2.75, 3.05) is 0 Å². The molecule has 0 aliphatic rings. The molecule has 0 aromatic rings. The Balaban J connectivity index is -0.000000130. The number of hydrogen-bond donors (Lipinski definition) is 6. The Morgan fingerprint density at radius 2 is 0.611 bits per heavy atom. The van der Waals surface area contributed by atoms with Gasteiger partial charge >= 0.3 is 295 Å². The Hall–Kier alpha value is 4.61. The van der Waals surface area contributed by atoms with Crippen LogP contribution >= 0.6 is 0 Å². The van der Waals surface area contributed by atoms with E-state index in [9.17, 15) is 33.6 Å². The Morgan fingerprint density at radius 1 is 0.444 bits per heavy atom. The van der Waals surface area contributed by atoms with Gasteiger partial charge in [0.2, 0.25) is 11.2 Å². The molecule has 176 valence electrons. The van der Waals surface area contributed by atoms with E-state index in [4.69, 9.17) is 30.6 Å². The van der Waals surface area contributed by atoms with E-state index >= 15 is 0 Å². The molecule has 0 aromatic carbocycles. The van der Waals surface area contributed by atoms with Gasteiger partial charge in [-0.15, -0.1) is 0 Å². The number of carboxylic acid groups (broad SMARTS) is 6.